The average molecular weight is 607 g/mol. The molecular weight excluding hydrogens is 575 g/mol. The lowest BCUT2D eigenvalue weighted by molar-refractivity contribution is 0.0207. The molecule has 1 nitrogen and oxygen atoms in total. The third-order valence-corrected chi connectivity index (χ3v) is 10.7. The highest BCUT2D eigenvalue weighted by Gasteiger charge is 2.41. The molecule has 43 heavy (non-hydrogen) atoms. The van der Waals surface area contributed by atoms with Gasteiger partial charge in [0.2, 0.25) is 0 Å². The Morgan fingerprint density at radius 1 is 0.721 bits per heavy atom. The molecule has 216 valence electrons. The summed E-state index contributed by atoms with van der Waals surface area (Å²) in [5, 5.41) is 1.88. The lowest BCUT2D eigenvalue weighted by Gasteiger charge is -2.35. The fourth-order valence-electron chi connectivity index (χ4n) is 7.08. The van der Waals surface area contributed by atoms with Crippen LogP contribution in [0.25, 0.3) is 28.0 Å². The van der Waals surface area contributed by atoms with Gasteiger partial charge in [-0.25, -0.2) is 8.78 Å². The SMILES string of the molecule is CSc1ccc(C2(c3ccc(SC)cc3)/C=C\c3c4c(c5ccc(F)cc5c3CCO2)-c2ccc(F)cc2C4(C)C)cc1. The zero-order valence-corrected chi connectivity index (χ0v) is 26.3. The number of thioether (sulfide) groups is 2. The van der Waals surface area contributed by atoms with E-state index in [0.717, 1.165) is 55.3 Å². The summed E-state index contributed by atoms with van der Waals surface area (Å²) in [5.74, 6) is -0.515. The van der Waals surface area contributed by atoms with Gasteiger partial charge in [0.15, 0.2) is 0 Å². The highest BCUT2D eigenvalue weighted by atomic mass is 32.2. The van der Waals surface area contributed by atoms with E-state index < -0.39 is 11.0 Å². The molecule has 5 heteroatoms. The lowest BCUT2D eigenvalue weighted by Crippen LogP contribution is -2.31. The Morgan fingerprint density at radius 2 is 1.33 bits per heavy atom. The van der Waals surface area contributed by atoms with E-state index in [4.69, 9.17) is 4.74 Å². The summed E-state index contributed by atoms with van der Waals surface area (Å²) in [4.78, 5) is 2.38. The lowest BCUT2D eigenvalue weighted by atomic mass is 9.76. The van der Waals surface area contributed by atoms with Gasteiger partial charge in [0.25, 0.3) is 0 Å². The maximum atomic E-state index is 14.8. The second kappa shape index (κ2) is 10.7. The first kappa shape index (κ1) is 28.4. The Kier molecular flexibility index (Phi) is 7.04. The first-order valence-electron chi connectivity index (χ1n) is 14.5. The molecular formula is C38H32F2OS2. The normalized spacial score (nSPS) is 17.1. The molecule has 0 N–H and O–H groups in total. The summed E-state index contributed by atoms with van der Waals surface area (Å²) < 4.78 is 36.4. The van der Waals surface area contributed by atoms with Crippen LogP contribution in [0.3, 0.4) is 0 Å². The Labute approximate surface area is 260 Å². The van der Waals surface area contributed by atoms with Crippen molar-refractivity contribution in [1.29, 1.82) is 0 Å². The minimum Gasteiger partial charge on any atom is -0.361 e. The van der Waals surface area contributed by atoms with Gasteiger partial charge < -0.3 is 4.74 Å². The molecule has 0 saturated heterocycles. The van der Waals surface area contributed by atoms with Gasteiger partial charge in [-0.2, -0.15) is 0 Å². The Bertz CT molecular complexity index is 1860. The number of hydrogen-bond donors (Lipinski definition) is 0. The Morgan fingerprint density at radius 3 is 1.95 bits per heavy atom. The van der Waals surface area contributed by atoms with Crippen molar-refractivity contribution in [2.24, 2.45) is 0 Å². The van der Waals surface area contributed by atoms with Gasteiger partial charge in [-0.15, -0.1) is 23.5 Å². The molecule has 0 bridgehead atoms. The maximum absolute atomic E-state index is 14.8. The fraction of sp³-hybridized carbons (Fsp3) is 0.211. The van der Waals surface area contributed by atoms with Crippen LogP contribution in [0, 0.1) is 11.6 Å². The number of ether oxygens (including phenoxy) is 1. The maximum Gasteiger partial charge on any atom is 0.137 e. The van der Waals surface area contributed by atoms with Crippen molar-refractivity contribution in [3.05, 3.63) is 136 Å². The Hall–Kier alpha value is -3.38. The quantitative estimate of drug-likeness (QED) is 0.188. The second-order valence-electron chi connectivity index (χ2n) is 11.8. The summed E-state index contributed by atoms with van der Waals surface area (Å²) in [7, 11) is 0. The van der Waals surface area contributed by atoms with Gasteiger partial charge in [-0.1, -0.05) is 56.3 Å². The van der Waals surface area contributed by atoms with Crippen molar-refractivity contribution in [1.82, 2.24) is 0 Å². The summed E-state index contributed by atoms with van der Waals surface area (Å²) in [6.45, 7) is 4.79. The van der Waals surface area contributed by atoms with Crippen LogP contribution < -0.4 is 0 Å². The van der Waals surface area contributed by atoms with Crippen LogP contribution in [0.5, 0.6) is 0 Å². The van der Waals surface area contributed by atoms with Crippen LogP contribution in [0.4, 0.5) is 8.78 Å². The monoisotopic (exact) mass is 606 g/mol. The molecule has 1 aliphatic heterocycles. The van der Waals surface area contributed by atoms with E-state index in [2.05, 4.69) is 87.0 Å². The molecule has 0 aromatic heterocycles. The van der Waals surface area contributed by atoms with Crippen LogP contribution in [0.1, 0.15) is 47.2 Å². The number of rotatable bonds is 4. The van der Waals surface area contributed by atoms with Crippen LogP contribution in [-0.2, 0) is 22.2 Å². The van der Waals surface area contributed by atoms with Crippen molar-refractivity contribution in [3.8, 4) is 11.1 Å². The summed E-state index contributed by atoms with van der Waals surface area (Å²) >= 11 is 3.43. The zero-order valence-electron chi connectivity index (χ0n) is 24.6. The van der Waals surface area contributed by atoms with Crippen LogP contribution >= 0.6 is 23.5 Å². The molecule has 0 unspecified atom stereocenters. The molecule has 0 spiro atoms. The minimum absolute atomic E-state index is 0.247. The average Bonchev–Trinajstić information content (AvgIpc) is 3.24. The fourth-order valence-corrected chi connectivity index (χ4v) is 7.90. The number of fused-ring (bicyclic) bond motifs is 8. The van der Waals surface area contributed by atoms with Gasteiger partial charge in [0.05, 0.1) is 6.61 Å². The van der Waals surface area contributed by atoms with E-state index in [1.165, 1.54) is 21.9 Å². The molecule has 0 fully saturated rings. The minimum atomic E-state index is -0.822. The van der Waals surface area contributed by atoms with E-state index in [9.17, 15) is 8.78 Å². The number of benzene rings is 5. The molecule has 0 saturated carbocycles. The van der Waals surface area contributed by atoms with Crippen LogP contribution in [0.2, 0.25) is 0 Å². The van der Waals surface area contributed by atoms with Gasteiger partial charge >= 0.3 is 0 Å². The number of hydrogen-bond acceptors (Lipinski definition) is 3. The first-order valence-corrected chi connectivity index (χ1v) is 16.9. The molecule has 5 aromatic carbocycles. The van der Waals surface area contributed by atoms with Crippen molar-refractivity contribution in [3.63, 3.8) is 0 Å². The van der Waals surface area contributed by atoms with Crippen LogP contribution in [0.15, 0.2) is 101 Å². The number of halogens is 2. The van der Waals surface area contributed by atoms with E-state index >= 15 is 0 Å². The van der Waals surface area contributed by atoms with E-state index in [0.29, 0.717) is 13.0 Å². The third-order valence-electron chi connectivity index (χ3n) is 9.17. The van der Waals surface area contributed by atoms with E-state index in [-0.39, 0.29) is 11.6 Å². The molecule has 2 aliphatic rings. The van der Waals surface area contributed by atoms with Gasteiger partial charge in [-0.3, -0.25) is 0 Å². The van der Waals surface area contributed by atoms with Gasteiger partial charge in [0, 0.05) is 15.2 Å². The predicted molar refractivity (Wildman–Crippen MR) is 177 cm³/mol. The van der Waals surface area contributed by atoms with Gasteiger partial charge in [-0.05, 0) is 129 Å². The molecule has 0 amide bonds. The molecule has 1 aliphatic carbocycles. The van der Waals surface area contributed by atoms with Gasteiger partial charge in [0.1, 0.15) is 17.2 Å². The van der Waals surface area contributed by atoms with Crippen LogP contribution in [-0.4, -0.2) is 19.1 Å². The van der Waals surface area contributed by atoms with E-state index in [1.54, 1.807) is 35.7 Å². The molecule has 0 radical (unpaired) electrons. The molecule has 1 heterocycles. The second-order valence-corrected chi connectivity index (χ2v) is 13.5. The Balaban J connectivity index is 1.53. The first-order chi connectivity index (χ1) is 20.8. The standard InChI is InChI=1S/C38H32F2OS2/c1-37(2)34-22-26(40)10-16-32(34)35-30-15-9-25(39)21-33(30)29-18-20-41-38(19-17-31(29)36(35)37,23-5-11-27(42-3)12-6-23)24-7-13-28(43-4)14-8-24/h5-17,19,21-22H,18,20H2,1-4H3/b19-17-. The highest BCUT2D eigenvalue weighted by Crippen LogP contribution is 2.55. The summed E-state index contributed by atoms with van der Waals surface area (Å²) in [5.41, 5.74) is 7.16. The topological polar surface area (TPSA) is 9.23 Å². The molecule has 5 aromatic rings. The van der Waals surface area contributed by atoms with Crippen molar-refractivity contribution >= 4 is 40.4 Å². The summed E-state index contributed by atoms with van der Waals surface area (Å²) in [6, 6.07) is 27.3. The summed E-state index contributed by atoms with van der Waals surface area (Å²) in [6.07, 6.45) is 9.13. The smallest absolute Gasteiger partial charge is 0.137 e. The van der Waals surface area contributed by atoms with E-state index in [1.807, 2.05) is 12.1 Å². The largest absolute Gasteiger partial charge is 0.361 e. The zero-order chi connectivity index (χ0) is 29.9. The molecule has 0 atom stereocenters. The highest BCUT2D eigenvalue weighted by molar-refractivity contribution is 7.98. The predicted octanol–water partition coefficient (Wildman–Crippen LogP) is 10.4. The third kappa shape index (κ3) is 4.47. The van der Waals surface area contributed by atoms with Crippen molar-refractivity contribution < 1.29 is 13.5 Å². The van der Waals surface area contributed by atoms with Crippen molar-refractivity contribution in [2.45, 2.75) is 41.1 Å². The van der Waals surface area contributed by atoms with Crippen molar-refractivity contribution in [2.75, 3.05) is 19.1 Å². The molecule has 7 rings (SSSR count).